The predicted octanol–water partition coefficient (Wildman–Crippen LogP) is 5.01. The van der Waals surface area contributed by atoms with E-state index in [2.05, 4.69) is 41.5 Å². The molecule has 2 aromatic heterocycles. The van der Waals surface area contributed by atoms with Gasteiger partial charge in [0.2, 0.25) is 11.7 Å². The van der Waals surface area contributed by atoms with Crippen molar-refractivity contribution in [2.75, 3.05) is 0 Å². The highest BCUT2D eigenvalue weighted by molar-refractivity contribution is 8.00. The maximum absolute atomic E-state index is 13.0. The van der Waals surface area contributed by atoms with Crippen molar-refractivity contribution in [2.24, 2.45) is 11.8 Å². The van der Waals surface area contributed by atoms with Crippen LogP contribution in [0, 0.1) is 11.8 Å². The van der Waals surface area contributed by atoms with E-state index >= 15 is 0 Å². The van der Waals surface area contributed by atoms with E-state index in [9.17, 15) is 4.79 Å². The highest BCUT2D eigenvalue weighted by Crippen LogP contribution is 2.31. The summed E-state index contributed by atoms with van der Waals surface area (Å²) >= 11 is 1.44. The Morgan fingerprint density at radius 3 is 2.74 bits per heavy atom. The molecular formula is C24H30N4O2S. The van der Waals surface area contributed by atoms with E-state index in [1.807, 2.05) is 41.8 Å². The lowest BCUT2D eigenvalue weighted by Crippen LogP contribution is -2.46. The summed E-state index contributed by atoms with van der Waals surface area (Å²) in [5, 5.41) is 12.5. The Hall–Kier alpha value is -2.54. The van der Waals surface area contributed by atoms with Crippen LogP contribution in [-0.2, 0) is 11.3 Å². The molecule has 1 N–H and O–H groups in total. The van der Waals surface area contributed by atoms with Gasteiger partial charge in [0, 0.05) is 6.04 Å². The molecule has 1 aliphatic rings. The van der Waals surface area contributed by atoms with Crippen molar-refractivity contribution in [2.45, 2.75) is 63.0 Å². The van der Waals surface area contributed by atoms with Gasteiger partial charge >= 0.3 is 0 Å². The fourth-order valence-electron chi connectivity index (χ4n) is 4.17. The van der Waals surface area contributed by atoms with Crippen LogP contribution in [0.1, 0.15) is 45.6 Å². The van der Waals surface area contributed by atoms with E-state index in [1.165, 1.54) is 24.6 Å². The number of rotatable bonds is 7. The maximum atomic E-state index is 13.0. The van der Waals surface area contributed by atoms with Crippen molar-refractivity contribution >= 4 is 17.7 Å². The molecule has 4 rings (SSSR count). The van der Waals surface area contributed by atoms with Crippen LogP contribution in [0.5, 0.6) is 0 Å². The van der Waals surface area contributed by atoms with Gasteiger partial charge in [0.25, 0.3) is 0 Å². The first-order valence-electron chi connectivity index (χ1n) is 11.0. The number of amides is 1. The lowest BCUT2D eigenvalue weighted by molar-refractivity contribution is -0.121. The molecule has 3 aromatic rings. The van der Waals surface area contributed by atoms with Crippen molar-refractivity contribution in [3.05, 3.63) is 54.3 Å². The van der Waals surface area contributed by atoms with E-state index in [1.54, 1.807) is 6.26 Å². The molecule has 4 unspecified atom stereocenters. The number of carbonyl (C=O) groups is 1. The normalized spacial score (nSPS) is 22.2. The molecule has 0 saturated heterocycles. The number of hydrogen-bond donors (Lipinski definition) is 1. The molecule has 1 aliphatic carbocycles. The topological polar surface area (TPSA) is 73.0 Å². The molecule has 2 heterocycles. The highest BCUT2D eigenvalue weighted by atomic mass is 32.2. The largest absolute Gasteiger partial charge is 0.461 e. The van der Waals surface area contributed by atoms with E-state index in [-0.39, 0.29) is 17.2 Å². The molecule has 0 aliphatic heterocycles. The first-order valence-corrected chi connectivity index (χ1v) is 11.9. The number of thioether (sulfide) groups is 1. The van der Waals surface area contributed by atoms with Gasteiger partial charge in [-0.1, -0.05) is 68.8 Å². The molecule has 1 saturated carbocycles. The summed E-state index contributed by atoms with van der Waals surface area (Å²) < 4.78 is 7.60. The zero-order chi connectivity index (χ0) is 21.8. The number of benzene rings is 1. The van der Waals surface area contributed by atoms with Crippen LogP contribution in [0.3, 0.4) is 0 Å². The molecule has 7 heteroatoms. The minimum atomic E-state index is -0.271. The number of nitrogens with zero attached hydrogens (tertiary/aromatic N) is 3. The van der Waals surface area contributed by atoms with E-state index in [0.29, 0.717) is 35.1 Å². The van der Waals surface area contributed by atoms with Crippen LogP contribution in [0.2, 0.25) is 0 Å². The number of hydrogen-bond acceptors (Lipinski definition) is 5. The molecule has 164 valence electrons. The van der Waals surface area contributed by atoms with Gasteiger partial charge in [0.05, 0.1) is 18.1 Å². The van der Waals surface area contributed by atoms with Crippen LogP contribution in [-0.4, -0.2) is 32.0 Å². The van der Waals surface area contributed by atoms with Gasteiger partial charge in [-0.25, -0.2) is 0 Å². The number of carbonyl (C=O) groups excluding carboxylic acids is 1. The Bertz CT molecular complexity index is 986. The average Bonchev–Trinajstić information content (AvgIpc) is 3.43. The summed E-state index contributed by atoms with van der Waals surface area (Å²) in [6.45, 7) is 7.07. The van der Waals surface area contributed by atoms with Gasteiger partial charge in [-0.2, -0.15) is 0 Å². The van der Waals surface area contributed by atoms with E-state index in [0.717, 1.165) is 12.0 Å². The molecule has 4 atom stereocenters. The first kappa shape index (κ1) is 21.7. The number of aromatic nitrogens is 3. The summed E-state index contributed by atoms with van der Waals surface area (Å²) in [4.78, 5) is 13.0. The third kappa shape index (κ3) is 5.03. The molecule has 0 bridgehead atoms. The summed E-state index contributed by atoms with van der Waals surface area (Å²) in [7, 11) is 0. The SMILES string of the molecule is CC(Sc1nnc(-c2ccco2)n1Cc1ccccc1)C(=O)NC1CCCC(C)C1C. The van der Waals surface area contributed by atoms with Crippen molar-refractivity contribution in [1.29, 1.82) is 0 Å². The second-order valence-electron chi connectivity index (χ2n) is 8.50. The third-order valence-electron chi connectivity index (χ3n) is 6.33. The van der Waals surface area contributed by atoms with Gasteiger partial charge in [0.1, 0.15) is 0 Å². The minimum Gasteiger partial charge on any atom is -0.461 e. The van der Waals surface area contributed by atoms with Gasteiger partial charge in [-0.05, 0) is 42.9 Å². The Kier molecular flexibility index (Phi) is 6.80. The lowest BCUT2D eigenvalue weighted by Gasteiger charge is -2.35. The maximum Gasteiger partial charge on any atom is 0.233 e. The second kappa shape index (κ2) is 9.73. The van der Waals surface area contributed by atoms with Crippen LogP contribution in [0.4, 0.5) is 0 Å². The summed E-state index contributed by atoms with van der Waals surface area (Å²) in [5.41, 5.74) is 1.14. The number of furan rings is 1. The van der Waals surface area contributed by atoms with Crippen LogP contribution >= 0.6 is 11.8 Å². The molecule has 0 spiro atoms. The molecule has 31 heavy (non-hydrogen) atoms. The lowest BCUT2D eigenvalue weighted by atomic mass is 9.78. The van der Waals surface area contributed by atoms with Gasteiger partial charge in [-0.3, -0.25) is 9.36 Å². The van der Waals surface area contributed by atoms with Crippen LogP contribution < -0.4 is 5.32 Å². The van der Waals surface area contributed by atoms with Gasteiger partial charge in [0.15, 0.2) is 10.9 Å². The van der Waals surface area contributed by atoms with Crippen LogP contribution in [0.25, 0.3) is 11.6 Å². The van der Waals surface area contributed by atoms with Gasteiger partial charge < -0.3 is 9.73 Å². The molecule has 0 radical (unpaired) electrons. The molecule has 6 nitrogen and oxygen atoms in total. The third-order valence-corrected chi connectivity index (χ3v) is 7.41. The average molecular weight is 439 g/mol. The van der Waals surface area contributed by atoms with Gasteiger partial charge in [-0.15, -0.1) is 10.2 Å². The Labute approximate surface area is 187 Å². The summed E-state index contributed by atoms with van der Waals surface area (Å²) in [5.74, 6) is 2.54. The van der Waals surface area contributed by atoms with E-state index < -0.39 is 0 Å². The molecule has 1 aromatic carbocycles. The van der Waals surface area contributed by atoms with E-state index in [4.69, 9.17) is 4.42 Å². The Morgan fingerprint density at radius 1 is 1.19 bits per heavy atom. The minimum absolute atomic E-state index is 0.0600. The molecule has 1 amide bonds. The van der Waals surface area contributed by atoms with Crippen molar-refractivity contribution in [3.8, 4) is 11.6 Å². The van der Waals surface area contributed by atoms with Crippen molar-refractivity contribution in [1.82, 2.24) is 20.1 Å². The standard InChI is InChI=1S/C24H30N4O2S/c1-16-9-7-12-20(17(16)2)25-23(29)18(3)31-24-27-26-22(21-13-8-14-30-21)28(24)15-19-10-5-4-6-11-19/h4-6,8,10-11,13-14,16-18,20H,7,9,12,15H2,1-3H3,(H,25,29). The van der Waals surface area contributed by atoms with Crippen LogP contribution in [0.15, 0.2) is 58.3 Å². The first-order chi connectivity index (χ1) is 15.0. The smallest absolute Gasteiger partial charge is 0.233 e. The van der Waals surface area contributed by atoms with Crippen molar-refractivity contribution in [3.63, 3.8) is 0 Å². The highest BCUT2D eigenvalue weighted by Gasteiger charge is 2.30. The fraction of sp³-hybridized carbons (Fsp3) is 0.458. The number of nitrogens with one attached hydrogen (secondary N) is 1. The Morgan fingerprint density at radius 2 is 2.00 bits per heavy atom. The monoisotopic (exact) mass is 438 g/mol. The second-order valence-corrected chi connectivity index (χ2v) is 9.81. The summed E-state index contributed by atoms with van der Waals surface area (Å²) in [6.07, 6.45) is 5.11. The Balaban J connectivity index is 1.51. The summed E-state index contributed by atoms with van der Waals surface area (Å²) in [6, 6.07) is 14.1. The zero-order valence-electron chi connectivity index (χ0n) is 18.3. The fourth-order valence-corrected chi connectivity index (χ4v) is 5.03. The van der Waals surface area contributed by atoms with Crippen molar-refractivity contribution < 1.29 is 9.21 Å². The quantitative estimate of drug-likeness (QED) is 0.525. The molecular weight excluding hydrogens is 408 g/mol. The zero-order valence-corrected chi connectivity index (χ0v) is 19.1. The molecule has 1 fully saturated rings. The predicted molar refractivity (Wildman–Crippen MR) is 123 cm³/mol.